The number of thiophene rings is 1. The molecule has 0 aliphatic heterocycles. The predicted molar refractivity (Wildman–Crippen MR) is 301 cm³/mol. The monoisotopic (exact) mass is 925 g/mol. The lowest BCUT2D eigenvalue weighted by Crippen LogP contribution is -2.14. The molecule has 71 heavy (non-hydrogen) atoms. The number of para-hydroxylation sites is 6. The van der Waals surface area contributed by atoms with E-state index in [-0.39, 0.29) is 0 Å². The molecule has 0 saturated heterocycles. The molecular weight excluding hydrogens is 883 g/mol. The zero-order valence-corrected chi connectivity index (χ0v) is 39.3. The molecule has 0 aliphatic rings. The quantitative estimate of drug-likeness (QED) is 0.144. The van der Waals surface area contributed by atoms with Gasteiger partial charge >= 0.3 is 0 Å². The van der Waals surface area contributed by atoms with Crippen LogP contribution in [0.15, 0.2) is 265 Å². The van der Waals surface area contributed by atoms with Gasteiger partial charge in [0.25, 0.3) is 0 Å². The highest BCUT2D eigenvalue weighted by Crippen LogP contribution is 2.46. The van der Waals surface area contributed by atoms with Crippen molar-refractivity contribution in [2.45, 2.75) is 0 Å². The molecular formula is C66H43N3OS. The third-order valence-electron chi connectivity index (χ3n) is 14.0. The van der Waals surface area contributed by atoms with Gasteiger partial charge in [-0.2, -0.15) is 0 Å². The van der Waals surface area contributed by atoms with E-state index in [1.807, 2.05) is 23.5 Å². The Balaban J connectivity index is 0.995. The average molecular weight is 926 g/mol. The fourth-order valence-corrected chi connectivity index (χ4v) is 12.0. The van der Waals surface area contributed by atoms with E-state index in [4.69, 9.17) is 4.42 Å². The summed E-state index contributed by atoms with van der Waals surface area (Å²) in [5.74, 6) is 0. The van der Waals surface area contributed by atoms with Crippen molar-refractivity contribution in [1.29, 1.82) is 0 Å². The van der Waals surface area contributed by atoms with Gasteiger partial charge in [-0.05, 0) is 108 Å². The van der Waals surface area contributed by atoms with Gasteiger partial charge < -0.3 is 18.8 Å². The fourth-order valence-electron chi connectivity index (χ4n) is 10.7. The second kappa shape index (κ2) is 16.8. The fraction of sp³-hybridized carbons (Fsp3) is 0. The molecule has 0 radical (unpaired) electrons. The molecule has 11 aromatic carbocycles. The van der Waals surface area contributed by atoms with Crippen molar-refractivity contribution in [2.75, 3.05) is 9.80 Å². The molecule has 14 aromatic rings. The maximum absolute atomic E-state index is 6.55. The van der Waals surface area contributed by atoms with Crippen LogP contribution in [0.2, 0.25) is 0 Å². The number of furan rings is 1. The molecule has 0 saturated carbocycles. The van der Waals surface area contributed by atoms with Crippen molar-refractivity contribution in [2.24, 2.45) is 0 Å². The summed E-state index contributed by atoms with van der Waals surface area (Å²) < 4.78 is 11.6. The summed E-state index contributed by atoms with van der Waals surface area (Å²) in [5, 5.41) is 7.27. The number of hydrogen-bond acceptors (Lipinski definition) is 4. The Morgan fingerprint density at radius 2 is 0.789 bits per heavy atom. The number of rotatable bonds is 9. The van der Waals surface area contributed by atoms with Crippen molar-refractivity contribution >= 4 is 109 Å². The van der Waals surface area contributed by atoms with Crippen LogP contribution in [0.4, 0.5) is 34.1 Å². The molecule has 0 unspecified atom stereocenters. The SMILES string of the molecule is c1ccc(N(c2ccccc2)c2cc(N(c3ccc(-c4cccc5c4oc4ccccc45)cc3)c3ccc(-c4cccc5c4sc4ccccc45)cc3)cc(-n3c4ccccc4c4ccccc43)c2)cc1. The minimum atomic E-state index is 0.892. The van der Waals surface area contributed by atoms with Gasteiger partial charge in [-0.3, -0.25) is 0 Å². The van der Waals surface area contributed by atoms with Gasteiger partial charge in [-0.15, -0.1) is 11.3 Å². The van der Waals surface area contributed by atoms with Gasteiger partial charge in [0.05, 0.1) is 28.1 Å². The van der Waals surface area contributed by atoms with E-state index >= 15 is 0 Å². The van der Waals surface area contributed by atoms with Crippen molar-refractivity contribution in [3.8, 4) is 27.9 Å². The smallest absolute Gasteiger partial charge is 0.143 e. The summed E-state index contributed by atoms with van der Waals surface area (Å²) in [6.45, 7) is 0. The van der Waals surface area contributed by atoms with Crippen LogP contribution in [0, 0.1) is 0 Å². The number of aromatic nitrogens is 1. The van der Waals surface area contributed by atoms with E-state index in [2.05, 4.69) is 263 Å². The number of anilines is 6. The maximum atomic E-state index is 6.55. The lowest BCUT2D eigenvalue weighted by Gasteiger charge is -2.30. The Bertz CT molecular complexity index is 4030. The van der Waals surface area contributed by atoms with Gasteiger partial charge in [-0.25, -0.2) is 0 Å². The average Bonchev–Trinajstić information content (AvgIpc) is 4.12. The molecule has 3 aromatic heterocycles. The lowest BCUT2D eigenvalue weighted by atomic mass is 10.0. The molecule has 0 aliphatic carbocycles. The van der Waals surface area contributed by atoms with Gasteiger partial charge in [0.1, 0.15) is 11.2 Å². The van der Waals surface area contributed by atoms with Crippen molar-refractivity contribution in [3.63, 3.8) is 0 Å². The van der Waals surface area contributed by atoms with Gasteiger partial charge in [0.2, 0.25) is 0 Å². The van der Waals surface area contributed by atoms with Gasteiger partial charge in [-0.1, -0.05) is 170 Å². The molecule has 0 bridgehead atoms. The van der Waals surface area contributed by atoms with E-state index < -0.39 is 0 Å². The molecule has 0 N–H and O–H groups in total. The molecule has 0 spiro atoms. The van der Waals surface area contributed by atoms with E-state index in [1.165, 1.54) is 42.1 Å². The third kappa shape index (κ3) is 6.89. The molecule has 14 rings (SSSR count). The van der Waals surface area contributed by atoms with E-state index in [0.29, 0.717) is 0 Å². The zero-order valence-electron chi connectivity index (χ0n) is 38.5. The summed E-state index contributed by atoms with van der Waals surface area (Å²) in [4.78, 5) is 4.77. The second-order valence-corrected chi connectivity index (χ2v) is 19.1. The Labute approximate surface area is 414 Å². The largest absolute Gasteiger partial charge is 0.455 e. The van der Waals surface area contributed by atoms with Crippen LogP contribution in [-0.4, -0.2) is 4.57 Å². The van der Waals surface area contributed by atoms with Crippen molar-refractivity contribution in [1.82, 2.24) is 4.57 Å². The standard InChI is InChI=1S/C66H43N3OS/c1-3-17-46(18-4-1)67(47-19-5-2-6-20-47)50-41-51(43-52(42-50)69-61-29-11-7-21-55(61)56-22-8-12-30-62(56)69)68(48-37-33-44(34-38-48)53-25-15-27-59-57-23-9-13-31-63(57)70-65(53)59)49-39-35-45(36-40-49)54-26-16-28-60-58-24-10-14-32-64(58)71-66(54)60/h1-43H. The highest BCUT2D eigenvalue weighted by molar-refractivity contribution is 7.26. The van der Waals surface area contributed by atoms with Crippen LogP contribution in [0.3, 0.4) is 0 Å². The first-order valence-electron chi connectivity index (χ1n) is 24.1. The number of nitrogens with zero attached hydrogens (tertiary/aromatic N) is 3. The van der Waals surface area contributed by atoms with Crippen LogP contribution < -0.4 is 9.80 Å². The van der Waals surface area contributed by atoms with Gasteiger partial charge in [0, 0.05) is 70.0 Å². The van der Waals surface area contributed by atoms with E-state index in [9.17, 15) is 0 Å². The third-order valence-corrected chi connectivity index (χ3v) is 15.2. The van der Waals surface area contributed by atoms with Crippen molar-refractivity contribution < 1.29 is 4.42 Å². The minimum Gasteiger partial charge on any atom is -0.455 e. The number of benzene rings is 11. The van der Waals surface area contributed by atoms with E-state index in [0.717, 1.165) is 83.9 Å². The second-order valence-electron chi connectivity index (χ2n) is 18.1. The topological polar surface area (TPSA) is 24.6 Å². The highest BCUT2D eigenvalue weighted by atomic mass is 32.1. The Morgan fingerprint density at radius 3 is 1.41 bits per heavy atom. The van der Waals surface area contributed by atoms with Gasteiger partial charge in [0.15, 0.2) is 0 Å². The molecule has 4 nitrogen and oxygen atoms in total. The molecule has 5 heteroatoms. The first-order valence-corrected chi connectivity index (χ1v) is 24.9. The Morgan fingerprint density at radius 1 is 0.324 bits per heavy atom. The normalized spacial score (nSPS) is 11.7. The zero-order chi connectivity index (χ0) is 46.8. The lowest BCUT2D eigenvalue weighted by molar-refractivity contribution is 0.670. The van der Waals surface area contributed by atoms with Crippen LogP contribution >= 0.6 is 11.3 Å². The summed E-state index contributed by atoms with van der Waals surface area (Å²) in [5.41, 5.74) is 16.0. The highest BCUT2D eigenvalue weighted by Gasteiger charge is 2.22. The molecule has 3 heterocycles. The minimum absolute atomic E-state index is 0.892. The molecule has 0 amide bonds. The number of fused-ring (bicyclic) bond motifs is 9. The summed E-state index contributed by atoms with van der Waals surface area (Å²) >= 11 is 1.87. The first kappa shape index (κ1) is 40.9. The van der Waals surface area contributed by atoms with E-state index in [1.54, 1.807) is 0 Å². The first-order chi connectivity index (χ1) is 35.2. The molecule has 0 atom stereocenters. The van der Waals surface area contributed by atoms with Crippen LogP contribution in [0.25, 0.3) is 91.9 Å². The Hall–Kier alpha value is -9.16. The van der Waals surface area contributed by atoms with Crippen LogP contribution in [0.5, 0.6) is 0 Å². The van der Waals surface area contributed by atoms with Crippen molar-refractivity contribution in [3.05, 3.63) is 261 Å². The number of hydrogen-bond donors (Lipinski definition) is 0. The summed E-state index contributed by atoms with van der Waals surface area (Å²) in [6, 6.07) is 94.2. The molecule has 334 valence electrons. The molecule has 0 fully saturated rings. The van der Waals surface area contributed by atoms with Crippen LogP contribution in [0.1, 0.15) is 0 Å². The Kier molecular flexibility index (Phi) is 9.68. The summed E-state index contributed by atoms with van der Waals surface area (Å²) in [7, 11) is 0. The van der Waals surface area contributed by atoms with Crippen LogP contribution in [-0.2, 0) is 0 Å². The maximum Gasteiger partial charge on any atom is 0.143 e. The predicted octanol–water partition coefficient (Wildman–Crippen LogP) is 19.3. The summed E-state index contributed by atoms with van der Waals surface area (Å²) in [6.07, 6.45) is 0.